The Morgan fingerprint density at radius 1 is 1.22 bits per heavy atom. The predicted octanol–water partition coefficient (Wildman–Crippen LogP) is 1.92. The number of aliphatic hydroxyl groups is 1. The highest BCUT2D eigenvalue weighted by atomic mass is 19.3. The largest absolute Gasteiger partial charge is 0.459 e. The quantitative estimate of drug-likeness (QED) is 0.779. The smallest absolute Gasteiger partial charge is 0.377 e. The van der Waals surface area contributed by atoms with Gasteiger partial charge in [-0.3, -0.25) is 0 Å². The summed E-state index contributed by atoms with van der Waals surface area (Å²) in [6, 6.07) is 0. The van der Waals surface area contributed by atoms with Crippen LogP contribution in [-0.4, -0.2) is 42.3 Å². The number of hydrogen-bond donors (Lipinski definition) is 1. The summed E-state index contributed by atoms with van der Waals surface area (Å²) >= 11 is 0. The Balaban J connectivity index is 1.55. The van der Waals surface area contributed by atoms with Gasteiger partial charge in [-0.15, -0.1) is 0 Å². The summed E-state index contributed by atoms with van der Waals surface area (Å²) in [6.07, 6.45) is 4.41. The fourth-order valence-corrected chi connectivity index (χ4v) is 4.97. The first-order valence-corrected chi connectivity index (χ1v) is 8.08. The molecule has 4 aliphatic carbocycles. The maximum absolute atomic E-state index is 12.7. The Morgan fingerprint density at radius 2 is 1.83 bits per heavy atom. The predicted molar refractivity (Wildman–Crippen MR) is 74.5 cm³/mol. The van der Waals surface area contributed by atoms with Crippen LogP contribution < -0.4 is 0 Å². The van der Waals surface area contributed by atoms with Gasteiger partial charge in [-0.25, -0.2) is 9.59 Å². The van der Waals surface area contributed by atoms with Crippen LogP contribution in [0.1, 0.15) is 39.0 Å². The van der Waals surface area contributed by atoms with Crippen LogP contribution in [0.5, 0.6) is 0 Å². The molecule has 0 saturated heterocycles. The first-order valence-electron chi connectivity index (χ1n) is 8.08. The van der Waals surface area contributed by atoms with E-state index in [2.05, 4.69) is 4.74 Å². The van der Waals surface area contributed by atoms with E-state index in [9.17, 15) is 23.5 Å². The molecule has 0 aromatic carbocycles. The van der Waals surface area contributed by atoms with E-state index < -0.39 is 24.5 Å². The summed E-state index contributed by atoms with van der Waals surface area (Å²) in [5, 5.41) is 9.68. The molecule has 7 heteroatoms. The van der Waals surface area contributed by atoms with Gasteiger partial charge in [0.15, 0.2) is 6.61 Å². The molecule has 1 N–H and O–H groups in total. The van der Waals surface area contributed by atoms with E-state index in [1.807, 2.05) is 0 Å². The highest BCUT2D eigenvalue weighted by molar-refractivity contribution is 5.80. The Labute approximate surface area is 133 Å². The molecule has 5 nitrogen and oxygen atoms in total. The summed E-state index contributed by atoms with van der Waals surface area (Å²) in [7, 11) is 0. The molecule has 4 bridgehead atoms. The van der Waals surface area contributed by atoms with Gasteiger partial charge >= 0.3 is 17.9 Å². The van der Waals surface area contributed by atoms with Crippen molar-refractivity contribution in [3.63, 3.8) is 0 Å². The average molecular weight is 332 g/mol. The number of aliphatic hydroxyl groups excluding tert-OH is 1. The fraction of sp³-hybridized carbons (Fsp3) is 0.875. The lowest BCUT2D eigenvalue weighted by Crippen LogP contribution is -2.56. The van der Waals surface area contributed by atoms with Gasteiger partial charge < -0.3 is 14.6 Å². The maximum atomic E-state index is 12.7. The zero-order valence-electron chi connectivity index (χ0n) is 13.1. The van der Waals surface area contributed by atoms with Crippen molar-refractivity contribution in [1.29, 1.82) is 0 Å². The lowest BCUT2D eigenvalue weighted by atomic mass is 9.49. The van der Waals surface area contributed by atoms with Crippen molar-refractivity contribution in [1.82, 2.24) is 0 Å². The highest BCUT2D eigenvalue weighted by Gasteiger charge is 2.56. The minimum Gasteiger partial charge on any atom is -0.459 e. The van der Waals surface area contributed by atoms with E-state index in [1.165, 1.54) is 0 Å². The lowest BCUT2D eigenvalue weighted by Gasteiger charge is -2.58. The molecule has 0 radical (unpaired) electrons. The average Bonchev–Trinajstić information content (AvgIpc) is 2.47. The summed E-state index contributed by atoms with van der Waals surface area (Å²) in [5.74, 6) is -5.12. The van der Waals surface area contributed by atoms with E-state index in [4.69, 9.17) is 4.74 Å². The molecular formula is C16H22F2O5. The van der Waals surface area contributed by atoms with E-state index in [0.29, 0.717) is 12.8 Å². The third kappa shape index (κ3) is 3.20. The van der Waals surface area contributed by atoms with Crippen LogP contribution in [0.4, 0.5) is 8.78 Å². The molecule has 4 rings (SSSR count). The molecule has 0 aromatic heterocycles. The SMILES string of the molecule is CC(F)(F)C(=O)OCC(=O)OC1C2CC3CC1CC(CO)(C3)C2. The number of esters is 2. The Morgan fingerprint density at radius 3 is 2.35 bits per heavy atom. The maximum Gasteiger partial charge on any atom is 0.377 e. The molecule has 0 amide bonds. The van der Waals surface area contributed by atoms with Crippen LogP contribution in [-0.2, 0) is 19.1 Å². The monoisotopic (exact) mass is 332 g/mol. The normalized spacial score (nSPS) is 38.4. The lowest BCUT2D eigenvalue weighted by molar-refractivity contribution is -0.194. The van der Waals surface area contributed by atoms with Gasteiger partial charge in [0, 0.05) is 13.5 Å². The second kappa shape index (κ2) is 5.69. The van der Waals surface area contributed by atoms with E-state index in [1.54, 1.807) is 0 Å². The van der Waals surface area contributed by atoms with E-state index in [-0.39, 0.29) is 30.0 Å². The molecule has 4 aliphatic rings. The second-order valence-electron chi connectivity index (χ2n) is 7.55. The van der Waals surface area contributed by atoms with Crippen molar-refractivity contribution < 1.29 is 33.0 Å². The van der Waals surface area contributed by atoms with Gasteiger partial charge in [-0.2, -0.15) is 8.78 Å². The minimum absolute atomic E-state index is 0.0316. The van der Waals surface area contributed by atoms with Crippen molar-refractivity contribution in [2.24, 2.45) is 23.2 Å². The minimum atomic E-state index is -3.61. The second-order valence-corrected chi connectivity index (χ2v) is 7.55. The molecule has 2 unspecified atom stereocenters. The van der Waals surface area contributed by atoms with Gasteiger partial charge in [0.25, 0.3) is 0 Å². The molecule has 0 heterocycles. The van der Waals surface area contributed by atoms with Crippen molar-refractivity contribution in [3.8, 4) is 0 Å². The standard InChI is InChI=1S/C16H22F2O5/c1-15(17,18)14(21)22-7-12(20)23-13-10-2-9-3-11(13)6-16(4-9,5-10)8-19/h9-11,13,19H,2-8H2,1H3. The van der Waals surface area contributed by atoms with Crippen LogP contribution in [0.15, 0.2) is 0 Å². The van der Waals surface area contributed by atoms with Gasteiger partial charge in [-0.1, -0.05) is 0 Å². The summed E-state index contributed by atoms with van der Waals surface area (Å²) in [4.78, 5) is 22.8. The highest BCUT2D eigenvalue weighted by Crippen LogP contribution is 2.60. The Kier molecular flexibility index (Phi) is 4.11. The Bertz CT molecular complexity index is 485. The van der Waals surface area contributed by atoms with Crippen molar-refractivity contribution >= 4 is 11.9 Å². The van der Waals surface area contributed by atoms with Crippen LogP contribution in [0.25, 0.3) is 0 Å². The van der Waals surface area contributed by atoms with E-state index in [0.717, 1.165) is 32.1 Å². The van der Waals surface area contributed by atoms with Gasteiger partial charge in [-0.05, 0) is 55.3 Å². The first-order chi connectivity index (χ1) is 10.7. The van der Waals surface area contributed by atoms with E-state index >= 15 is 0 Å². The molecule has 4 fully saturated rings. The van der Waals surface area contributed by atoms with Crippen LogP contribution in [0.3, 0.4) is 0 Å². The number of carbonyl (C=O) groups excluding carboxylic acids is 2. The molecule has 0 aromatic rings. The van der Waals surface area contributed by atoms with Crippen LogP contribution in [0, 0.1) is 23.2 Å². The van der Waals surface area contributed by atoms with Crippen molar-refractivity contribution in [2.45, 2.75) is 51.1 Å². The number of ether oxygens (including phenoxy) is 2. The third-order valence-electron chi connectivity index (χ3n) is 5.60. The molecular weight excluding hydrogens is 310 g/mol. The van der Waals surface area contributed by atoms with Crippen LogP contribution in [0.2, 0.25) is 0 Å². The molecule has 0 spiro atoms. The summed E-state index contributed by atoms with van der Waals surface area (Å²) in [5.41, 5.74) is -0.0316. The zero-order chi connectivity index (χ0) is 16.8. The van der Waals surface area contributed by atoms with Crippen LogP contribution >= 0.6 is 0 Å². The van der Waals surface area contributed by atoms with Gasteiger partial charge in [0.2, 0.25) is 0 Å². The molecule has 130 valence electrons. The molecule has 4 saturated carbocycles. The number of carbonyl (C=O) groups is 2. The molecule has 0 aliphatic heterocycles. The fourth-order valence-electron chi connectivity index (χ4n) is 4.97. The van der Waals surface area contributed by atoms with Crippen molar-refractivity contribution in [3.05, 3.63) is 0 Å². The summed E-state index contributed by atoms with van der Waals surface area (Å²) < 4.78 is 35.1. The number of alkyl halides is 2. The number of rotatable bonds is 5. The third-order valence-corrected chi connectivity index (χ3v) is 5.60. The van der Waals surface area contributed by atoms with Gasteiger partial charge in [0.1, 0.15) is 6.10 Å². The topological polar surface area (TPSA) is 72.8 Å². The summed E-state index contributed by atoms with van der Waals surface area (Å²) in [6.45, 7) is -0.194. The molecule has 2 atom stereocenters. The zero-order valence-corrected chi connectivity index (χ0v) is 13.1. The first kappa shape index (κ1) is 16.6. The number of halogens is 2. The van der Waals surface area contributed by atoms with Crippen molar-refractivity contribution in [2.75, 3.05) is 13.2 Å². The Hall–Kier alpha value is -1.24. The number of hydrogen-bond acceptors (Lipinski definition) is 5. The molecule has 23 heavy (non-hydrogen) atoms. The van der Waals surface area contributed by atoms with Gasteiger partial charge in [0.05, 0.1) is 0 Å².